The highest BCUT2D eigenvalue weighted by atomic mass is 19.1. The fraction of sp³-hybridized carbons (Fsp3) is 0.636. The largest absolute Gasteiger partial charge is 0.511 e. The van der Waals surface area contributed by atoms with Gasteiger partial charge in [0.15, 0.2) is 12.5 Å². The van der Waals surface area contributed by atoms with Gasteiger partial charge in [-0.2, -0.15) is 0 Å². The SMILES string of the molecule is CC1CC(C)(C)C(O)=C(C(=O)CF)C1=O. The molecule has 0 heterocycles. The van der Waals surface area contributed by atoms with Crippen molar-refractivity contribution in [2.45, 2.75) is 27.2 Å². The van der Waals surface area contributed by atoms with Crippen molar-refractivity contribution in [3.05, 3.63) is 11.3 Å². The summed E-state index contributed by atoms with van der Waals surface area (Å²) in [4.78, 5) is 22.8. The Kier molecular flexibility index (Phi) is 2.98. The molecule has 0 radical (unpaired) electrons. The Labute approximate surface area is 88.0 Å². The summed E-state index contributed by atoms with van der Waals surface area (Å²) in [5, 5.41) is 9.76. The summed E-state index contributed by atoms with van der Waals surface area (Å²) in [5.74, 6) is -1.98. The summed E-state index contributed by atoms with van der Waals surface area (Å²) < 4.78 is 12.2. The van der Waals surface area contributed by atoms with Gasteiger partial charge in [-0.05, 0) is 6.42 Å². The van der Waals surface area contributed by atoms with Crippen LogP contribution in [0.3, 0.4) is 0 Å². The molecule has 0 aromatic carbocycles. The smallest absolute Gasteiger partial charge is 0.200 e. The lowest BCUT2D eigenvalue weighted by Crippen LogP contribution is -2.35. The molecule has 0 saturated carbocycles. The maximum Gasteiger partial charge on any atom is 0.200 e. The summed E-state index contributed by atoms with van der Waals surface area (Å²) in [6, 6.07) is 0. The van der Waals surface area contributed by atoms with E-state index >= 15 is 0 Å². The van der Waals surface area contributed by atoms with Crippen LogP contribution >= 0.6 is 0 Å². The van der Waals surface area contributed by atoms with Crippen LogP contribution in [0, 0.1) is 11.3 Å². The molecule has 0 aromatic heterocycles. The molecular formula is C11H15FO3. The van der Waals surface area contributed by atoms with Crippen LogP contribution in [-0.2, 0) is 9.59 Å². The molecule has 15 heavy (non-hydrogen) atoms. The van der Waals surface area contributed by atoms with Gasteiger partial charge in [-0.1, -0.05) is 20.8 Å². The molecule has 0 saturated heterocycles. The van der Waals surface area contributed by atoms with Crippen LogP contribution in [0.5, 0.6) is 0 Å². The molecule has 0 bridgehead atoms. The van der Waals surface area contributed by atoms with Crippen LogP contribution < -0.4 is 0 Å². The molecule has 84 valence electrons. The Morgan fingerprint density at radius 1 is 1.60 bits per heavy atom. The second-order valence-electron chi connectivity index (χ2n) is 4.63. The molecular weight excluding hydrogens is 199 g/mol. The van der Waals surface area contributed by atoms with Crippen LogP contribution in [0.25, 0.3) is 0 Å². The maximum absolute atomic E-state index is 12.2. The van der Waals surface area contributed by atoms with Gasteiger partial charge in [0.05, 0.1) is 0 Å². The fourth-order valence-corrected chi connectivity index (χ4v) is 1.99. The number of hydrogen-bond acceptors (Lipinski definition) is 3. The Hall–Kier alpha value is -1.19. The van der Waals surface area contributed by atoms with E-state index in [9.17, 15) is 19.1 Å². The normalized spacial score (nSPS) is 25.6. The van der Waals surface area contributed by atoms with E-state index < -0.39 is 23.7 Å². The Morgan fingerprint density at radius 2 is 2.13 bits per heavy atom. The summed E-state index contributed by atoms with van der Waals surface area (Å²) in [5.41, 5.74) is -0.978. The average molecular weight is 214 g/mol. The number of ketones is 2. The van der Waals surface area contributed by atoms with Gasteiger partial charge in [0.25, 0.3) is 0 Å². The average Bonchev–Trinajstić information content (AvgIpc) is 2.14. The first kappa shape index (κ1) is 11.9. The van der Waals surface area contributed by atoms with E-state index in [1.165, 1.54) is 0 Å². The first-order valence-corrected chi connectivity index (χ1v) is 4.88. The lowest BCUT2D eigenvalue weighted by molar-refractivity contribution is -0.126. The molecule has 0 aromatic rings. The van der Waals surface area contributed by atoms with Crippen LogP contribution in [0.4, 0.5) is 4.39 Å². The zero-order valence-electron chi connectivity index (χ0n) is 9.13. The topological polar surface area (TPSA) is 54.4 Å². The number of allylic oxidation sites excluding steroid dienone is 2. The predicted molar refractivity (Wildman–Crippen MR) is 53.2 cm³/mol. The number of rotatable bonds is 2. The summed E-state index contributed by atoms with van der Waals surface area (Å²) in [6.07, 6.45) is 0.473. The number of aliphatic hydroxyl groups is 1. The highest BCUT2D eigenvalue weighted by Crippen LogP contribution is 2.39. The van der Waals surface area contributed by atoms with Crippen molar-refractivity contribution in [3.8, 4) is 0 Å². The van der Waals surface area contributed by atoms with Gasteiger partial charge < -0.3 is 5.11 Å². The molecule has 0 amide bonds. The van der Waals surface area contributed by atoms with Gasteiger partial charge in [0.2, 0.25) is 5.78 Å². The Balaban J connectivity index is 3.27. The molecule has 1 atom stereocenters. The minimum absolute atomic E-state index is 0.270. The molecule has 0 aliphatic heterocycles. The minimum atomic E-state index is -1.24. The Bertz CT molecular complexity index is 342. The monoisotopic (exact) mass is 214 g/mol. The number of alkyl halides is 1. The molecule has 1 aliphatic rings. The second kappa shape index (κ2) is 3.76. The van der Waals surface area contributed by atoms with Crippen molar-refractivity contribution in [2.75, 3.05) is 6.67 Å². The number of carbonyl (C=O) groups is 2. The number of hydrogen-bond donors (Lipinski definition) is 1. The quantitative estimate of drug-likeness (QED) is 0.715. The summed E-state index contributed by atoms with van der Waals surface area (Å²) in [6.45, 7) is 3.91. The summed E-state index contributed by atoms with van der Waals surface area (Å²) in [7, 11) is 0. The van der Waals surface area contributed by atoms with Gasteiger partial charge in [0, 0.05) is 11.3 Å². The summed E-state index contributed by atoms with van der Waals surface area (Å²) >= 11 is 0. The van der Waals surface area contributed by atoms with E-state index in [4.69, 9.17) is 0 Å². The fourth-order valence-electron chi connectivity index (χ4n) is 1.99. The van der Waals surface area contributed by atoms with Crippen LogP contribution in [-0.4, -0.2) is 23.3 Å². The number of Topliss-reactive ketones (excluding diaryl/α,β-unsaturated/α-hetero) is 2. The van der Waals surface area contributed by atoms with E-state index in [1.807, 2.05) is 0 Å². The first-order chi connectivity index (χ1) is 6.81. The zero-order chi connectivity index (χ0) is 11.8. The van der Waals surface area contributed by atoms with Crippen molar-refractivity contribution < 1.29 is 19.1 Å². The van der Waals surface area contributed by atoms with Crippen molar-refractivity contribution in [1.82, 2.24) is 0 Å². The van der Waals surface area contributed by atoms with Gasteiger partial charge >= 0.3 is 0 Å². The predicted octanol–water partition coefficient (Wildman–Crippen LogP) is 1.97. The van der Waals surface area contributed by atoms with E-state index in [-0.39, 0.29) is 17.3 Å². The number of carbonyl (C=O) groups excluding carboxylic acids is 2. The van der Waals surface area contributed by atoms with Crippen molar-refractivity contribution >= 4 is 11.6 Å². The maximum atomic E-state index is 12.2. The third-order valence-electron chi connectivity index (χ3n) is 2.79. The van der Waals surface area contributed by atoms with E-state index in [2.05, 4.69) is 0 Å². The van der Waals surface area contributed by atoms with Gasteiger partial charge in [-0.25, -0.2) is 4.39 Å². The highest BCUT2D eigenvalue weighted by molar-refractivity contribution is 6.22. The van der Waals surface area contributed by atoms with Crippen LogP contribution in [0.2, 0.25) is 0 Å². The lowest BCUT2D eigenvalue weighted by atomic mass is 9.71. The third-order valence-corrected chi connectivity index (χ3v) is 2.79. The molecule has 1 unspecified atom stereocenters. The second-order valence-corrected chi connectivity index (χ2v) is 4.63. The zero-order valence-corrected chi connectivity index (χ0v) is 9.13. The van der Waals surface area contributed by atoms with Gasteiger partial charge in [-0.15, -0.1) is 0 Å². The molecule has 3 nitrogen and oxygen atoms in total. The number of halogens is 1. The van der Waals surface area contributed by atoms with E-state index in [1.54, 1.807) is 20.8 Å². The van der Waals surface area contributed by atoms with Gasteiger partial charge in [0.1, 0.15) is 11.3 Å². The first-order valence-electron chi connectivity index (χ1n) is 4.88. The molecule has 0 spiro atoms. The molecule has 0 fully saturated rings. The minimum Gasteiger partial charge on any atom is -0.511 e. The highest BCUT2D eigenvalue weighted by Gasteiger charge is 2.41. The van der Waals surface area contributed by atoms with E-state index in [0.29, 0.717) is 6.42 Å². The molecule has 1 aliphatic carbocycles. The van der Waals surface area contributed by atoms with Crippen LogP contribution in [0.1, 0.15) is 27.2 Å². The third kappa shape index (κ3) is 1.94. The van der Waals surface area contributed by atoms with Crippen molar-refractivity contribution in [2.24, 2.45) is 11.3 Å². The van der Waals surface area contributed by atoms with E-state index in [0.717, 1.165) is 0 Å². The van der Waals surface area contributed by atoms with Crippen molar-refractivity contribution in [1.29, 1.82) is 0 Å². The molecule has 4 heteroatoms. The molecule has 1 rings (SSSR count). The van der Waals surface area contributed by atoms with Gasteiger partial charge in [-0.3, -0.25) is 9.59 Å². The van der Waals surface area contributed by atoms with Crippen molar-refractivity contribution in [3.63, 3.8) is 0 Å². The lowest BCUT2D eigenvalue weighted by Gasteiger charge is -2.33. The number of aliphatic hydroxyl groups excluding tert-OH is 1. The Morgan fingerprint density at radius 3 is 2.60 bits per heavy atom. The van der Waals surface area contributed by atoms with Crippen LogP contribution in [0.15, 0.2) is 11.3 Å². The molecule has 1 N–H and O–H groups in total. The standard InChI is InChI=1S/C11H15FO3/c1-6-4-11(2,3)10(15)8(9(6)14)7(13)5-12/h6,15H,4-5H2,1-3H3.